The number of benzene rings is 1. The number of rotatable bonds is 5. The molecule has 1 aromatic carbocycles. The zero-order valence-electron chi connectivity index (χ0n) is 11.9. The summed E-state index contributed by atoms with van der Waals surface area (Å²) < 4.78 is 0. The highest BCUT2D eigenvalue weighted by atomic mass is 15.5. The molecule has 1 N–H and O–H groups in total. The lowest BCUT2D eigenvalue weighted by Crippen LogP contribution is -2.14. The largest absolute Gasteiger partial charge is 0.307 e. The van der Waals surface area contributed by atoms with Crippen LogP contribution in [0, 0.1) is 6.92 Å². The fraction of sp³-hybridized carbons (Fsp3) is 0.188. The first-order valence-corrected chi connectivity index (χ1v) is 6.90. The van der Waals surface area contributed by atoms with Crippen LogP contribution in [0.4, 0.5) is 0 Å². The van der Waals surface area contributed by atoms with Crippen LogP contribution in [0.15, 0.2) is 55.0 Å². The van der Waals surface area contributed by atoms with Crippen LogP contribution in [0.3, 0.4) is 0 Å². The number of para-hydroxylation sites is 1. The van der Waals surface area contributed by atoms with E-state index in [-0.39, 0.29) is 0 Å². The molecule has 0 fully saturated rings. The van der Waals surface area contributed by atoms with Crippen molar-refractivity contribution >= 4 is 0 Å². The van der Waals surface area contributed by atoms with Crippen LogP contribution in [0.25, 0.3) is 5.69 Å². The van der Waals surface area contributed by atoms with Gasteiger partial charge < -0.3 is 5.32 Å². The summed E-state index contributed by atoms with van der Waals surface area (Å²) in [5.74, 6) is 0. The summed E-state index contributed by atoms with van der Waals surface area (Å²) in [5, 5.41) is 12.1. The molecular formula is C16H17N5. The molecule has 0 spiro atoms. The van der Waals surface area contributed by atoms with Crippen LogP contribution >= 0.6 is 0 Å². The van der Waals surface area contributed by atoms with E-state index in [9.17, 15) is 0 Å². The number of nitrogens with one attached hydrogen (secondary N) is 1. The van der Waals surface area contributed by atoms with Gasteiger partial charge in [0.05, 0.1) is 17.6 Å². The van der Waals surface area contributed by atoms with Crippen molar-refractivity contribution in [1.82, 2.24) is 25.3 Å². The van der Waals surface area contributed by atoms with Crippen LogP contribution in [0.1, 0.15) is 16.8 Å². The molecule has 0 aliphatic rings. The summed E-state index contributed by atoms with van der Waals surface area (Å²) in [4.78, 5) is 5.79. The molecule has 0 atom stereocenters. The minimum absolute atomic E-state index is 0.682. The Kier molecular flexibility index (Phi) is 4.02. The number of aryl methyl sites for hydroxylation is 1. The minimum Gasteiger partial charge on any atom is -0.307 e. The van der Waals surface area contributed by atoms with E-state index >= 15 is 0 Å². The smallest absolute Gasteiger partial charge is 0.0969 e. The highest BCUT2D eigenvalue weighted by Gasteiger charge is 2.03. The van der Waals surface area contributed by atoms with Gasteiger partial charge in [0.15, 0.2) is 0 Å². The third-order valence-corrected chi connectivity index (χ3v) is 3.30. The molecule has 0 bridgehead atoms. The van der Waals surface area contributed by atoms with Gasteiger partial charge in [-0.05, 0) is 36.2 Å². The second-order valence-corrected chi connectivity index (χ2v) is 4.87. The van der Waals surface area contributed by atoms with Crippen molar-refractivity contribution in [2.24, 2.45) is 0 Å². The van der Waals surface area contributed by atoms with Gasteiger partial charge >= 0.3 is 0 Å². The highest BCUT2D eigenvalue weighted by Crippen LogP contribution is 2.06. The topological polar surface area (TPSA) is 55.6 Å². The Morgan fingerprint density at radius 2 is 1.90 bits per heavy atom. The second kappa shape index (κ2) is 6.28. The van der Waals surface area contributed by atoms with E-state index in [0.29, 0.717) is 6.54 Å². The number of aromatic nitrogens is 4. The molecule has 106 valence electrons. The molecule has 3 rings (SSSR count). The Bertz CT molecular complexity index is 705. The third-order valence-electron chi connectivity index (χ3n) is 3.30. The SMILES string of the molecule is Cc1ccncc1CNCc1cnn(-c2ccccc2)n1. The Hall–Kier alpha value is -2.53. The number of nitrogens with zero attached hydrogens (tertiary/aromatic N) is 4. The molecule has 0 aliphatic carbocycles. The average molecular weight is 279 g/mol. The van der Waals surface area contributed by atoms with Gasteiger partial charge in [0.1, 0.15) is 0 Å². The van der Waals surface area contributed by atoms with E-state index in [1.54, 1.807) is 11.0 Å². The van der Waals surface area contributed by atoms with Crippen LogP contribution in [0.5, 0.6) is 0 Å². The highest BCUT2D eigenvalue weighted by molar-refractivity contribution is 5.28. The minimum atomic E-state index is 0.682. The van der Waals surface area contributed by atoms with Crippen molar-refractivity contribution in [3.05, 3.63) is 71.8 Å². The molecule has 3 aromatic rings. The first-order valence-electron chi connectivity index (χ1n) is 6.90. The van der Waals surface area contributed by atoms with Crippen molar-refractivity contribution < 1.29 is 0 Å². The quantitative estimate of drug-likeness (QED) is 0.778. The molecule has 2 heterocycles. The van der Waals surface area contributed by atoms with Crippen molar-refractivity contribution in [1.29, 1.82) is 0 Å². The van der Waals surface area contributed by atoms with Crippen molar-refractivity contribution in [3.63, 3.8) is 0 Å². The van der Waals surface area contributed by atoms with Crippen LogP contribution < -0.4 is 5.32 Å². The third kappa shape index (κ3) is 3.32. The molecule has 0 unspecified atom stereocenters. The van der Waals surface area contributed by atoms with Gasteiger partial charge in [-0.1, -0.05) is 18.2 Å². The molecule has 0 radical (unpaired) electrons. The first-order chi connectivity index (χ1) is 10.3. The predicted molar refractivity (Wildman–Crippen MR) is 80.9 cm³/mol. The Morgan fingerprint density at radius 1 is 1.05 bits per heavy atom. The monoisotopic (exact) mass is 279 g/mol. The molecular weight excluding hydrogens is 262 g/mol. The summed E-state index contributed by atoms with van der Waals surface area (Å²) >= 11 is 0. The lowest BCUT2D eigenvalue weighted by molar-refractivity contribution is 0.659. The van der Waals surface area contributed by atoms with E-state index < -0.39 is 0 Å². The maximum atomic E-state index is 4.46. The van der Waals surface area contributed by atoms with E-state index in [4.69, 9.17) is 0 Å². The van der Waals surface area contributed by atoms with Gasteiger partial charge in [0.2, 0.25) is 0 Å². The van der Waals surface area contributed by atoms with Gasteiger partial charge in [0.25, 0.3) is 0 Å². The van der Waals surface area contributed by atoms with Crippen molar-refractivity contribution in [3.8, 4) is 5.69 Å². The van der Waals surface area contributed by atoms with Crippen LogP contribution in [0.2, 0.25) is 0 Å². The molecule has 0 amide bonds. The van der Waals surface area contributed by atoms with Crippen LogP contribution in [-0.4, -0.2) is 20.0 Å². The molecule has 5 nitrogen and oxygen atoms in total. The van der Waals surface area contributed by atoms with E-state index in [0.717, 1.165) is 17.9 Å². The standard InChI is InChI=1S/C16H17N5/c1-13-7-8-17-9-14(13)10-18-11-15-12-19-21(20-15)16-5-3-2-4-6-16/h2-9,12,18H,10-11H2,1H3. The maximum absolute atomic E-state index is 4.46. The lowest BCUT2D eigenvalue weighted by atomic mass is 10.1. The summed E-state index contributed by atoms with van der Waals surface area (Å²) in [6, 6.07) is 11.9. The summed E-state index contributed by atoms with van der Waals surface area (Å²) in [5.41, 5.74) is 4.32. The Morgan fingerprint density at radius 3 is 2.71 bits per heavy atom. The van der Waals surface area contributed by atoms with Gasteiger partial charge in [-0.25, -0.2) is 0 Å². The first kappa shape index (κ1) is 13.5. The Balaban J connectivity index is 1.60. The summed E-state index contributed by atoms with van der Waals surface area (Å²) in [7, 11) is 0. The fourth-order valence-electron chi connectivity index (χ4n) is 2.07. The lowest BCUT2D eigenvalue weighted by Gasteiger charge is -2.05. The number of hydrogen-bond acceptors (Lipinski definition) is 4. The molecule has 0 saturated carbocycles. The van der Waals surface area contributed by atoms with Crippen LogP contribution in [-0.2, 0) is 13.1 Å². The van der Waals surface area contributed by atoms with E-state index in [2.05, 4.69) is 27.4 Å². The molecule has 0 saturated heterocycles. The molecule has 5 heteroatoms. The van der Waals surface area contributed by atoms with Crippen molar-refractivity contribution in [2.45, 2.75) is 20.0 Å². The van der Waals surface area contributed by atoms with Gasteiger partial charge in [-0.3, -0.25) is 4.98 Å². The molecule has 21 heavy (non-hydrogen) atoms. The van der Waals surface area contributed by atoms with Crippen molar-refractivity contribution in [2.75, 3.05) is 0 Å². The Labute approximate surface area is 123 Å². The van der Waals surface area contributed by atoms with E-state index in [1.165, 1.54) is 11.1 Å². The fourth-order valence-corrected chi connectivity index (χ4v) is 2.07. The molecule has 2 aromatic heterocycles. The summed E-state index contributed by atoms with van der Waals surface area (Å²) in [6.07, 6.45) is 5.49. The molecule has 0 aliphatic heterocycles. The zero-order valence-corrected chi connectivity index (χ0v) is 11.9. The summed E-state index contributed by atoms with van der Waals surface area (Å²) in [6.45, 7) is 3.55. The zero-order chi connectivity index (χ0) is 14.5. The number of pyridine rings is 1. The number of hydrogen-bond donors (Lipinski definition) is 1. The maximum Gasteiger partial charge on any atom is 0.0969 e. The second-order valence-electron chi connectivity index (χ2n) is 4.87. The van der Waals surface area contributed by atoms with Gasteiger partial charge in [-0.2, -0.15) is 15.0 Å². The van der Waals surface area contributed by atoms with Gasteiger partial charge in [0, 0.05) is 25.5 Å². The predicted octanol–water partition coefficient (Wildman–Crippen LogP) is 2.26. The normalized spacial score (nSPS) is 10.7. The average Bonchev–Trinajstić information content (AvgIpc) is 2.99. The van der Waals surface area contributed by atoms with Gasteiger partial charge in [-0.15, -0.1) is 0 Å². The van der Waals surface area contributed by atoms with E-state index in [1.807, 2.05) is 48.8 Å².